The first-order valence-electron chi connectivity index (χ1n) is 7.99. The lowest BCUT2D eigenvalue weighted by atomic mass is 10.1. The number of benzene rings is 1. The molecule has 3 aromatic rings. The number of hydrogen-bond acceptors (Lipinski definition) is 3. The van der Waals surface area contributed by atoms with Crippen LogP contribution in [-0.4, -0.2) is 32.4 Å². The molecule has 6 nitrogen and oxygen atoms in total. The topological polar surface area (TPSA) is 83.7 Å². The minimum absolute atomic E-state index is 0.219. The van der Waals surface area contributed by atoms with E-state index in [1.165, 1.54) is 0 Å². The number of carbonyl (C=O) groups excluding carboxylic acids is 1. The fourth-order valence-electron chi connectivity index (χ4n) is 2.91. The van der Waals surface area contributed by atoms with Gasteiger partial charge in [-0.25, -0.2) is 9.78 Å². The Morgan fingerprint density at radius 3 is 2.52 bits per heavy atom. The van der Waals surface area contributed by atoms with Gasteiger partial charge in [-0.05, 0) is 31.5 Å². The third-order valence-electron chi connectivity index (χ3n) is 4.11. The fraction of sp³-hybridized carbons (Fsp3) is 0.211. The molecule has 2 N–H and O–H groups in total. The number of carbonyl (C=O) groups is 2. The van der Waals surface area contributed by atoms with Gasteiger partial charge in [0.2, 0.25) is 0 Å². The van der Waals surface area contributed by atoms with Gasteiger partial charge in [0, 0.05) is 12.1 Å². The number of aryl methyl sites for hydroxylation is 2. The Balaban J connectivity index is 1.90. The average Bonchev–Trinajstić information content (AvgIpc) is 2.92. The molecule has 3 rings (SSSR count). The van der Waals surface area contributed by atoms with Gasteiger partial charge in [0.15, 0.2) is 0 Å². The van der Waals surface area contributed by atoms with E-state index in [9.17, 15) is 14.7 Å². The lowest BCUT2D eigenvalue weighted by Gasteiger charge is -2.15. The van der Waals surface area contributed by atoms with Gasteiger partial charge < -0.3 is 10.4 Å². The first-order valence-corrected chi connectivity index (χ1v) is 7.99. The fourth-order valence-corrected chi connectivity index (χ4v) is 2.91. The van der Waals surface area contributed by atoms with Crippen molar-refractivity contribution in [1.29, 1.82) is 0 Å². The van der Waals surface area contributed by atoms with E-state index < -0.39 is 17.9 Å². The number of aromatic nitrogens is 2. The SMILES string of the molecule is Cc1nc2cccc(C)n2c1C(=O)NC(Cc1ccccc1)C(=O)O. The van der Waals surface area contributed by atoms with Crippen LogP contribution in [0.15, 0.2) is 48.5 Å². The van der Waals surface area contributed by atoms with Crippen LogP contribution in [-0.2, 0) is 11.2 Å². The summed E-state index contributed by atoms with van der Waals surface area (Å²) in [5.41, 5.74) is 3.31. The molecule has 0 spiro atoms. The predicted molar refractivity (Wildman–Crippen MR) is 93.7 cm³/mol. The number of rotatable bonds is 5. The number of hydrogen-bond donors (Lipinski definition) is 2. The van der Waals surface area contributed by atoms with Gasteiger partial charge in [-0.15, -0.1) is 0 Å². The number of carboxylic acids is 1. The smallest absolute Gasteiger partial charge is 0.326 e. The zero-order valence-corrected chi connectivity index (χ0v) is 14.1. The van der Waals surface area contributed by atoms with E-state index >= 15 is 0 Å². The van der Waals surface area contributed by atoms with E-state index in [4.69, 9.17) is 0 Å². The van der Waals surface area contributed by atoms with Crippen molar-refractivity contribution in [2.24, 2.45) is 0 Å². The molecule has 2 heterocycles. The van der Waals surface area contributed by atoms with Crippen LogP contribution in [0.1, 0.15) is 27.4 Å². The van der Waals surface area contributed by atoms with Crippen LogP contribution in [0.25, 0.3) is 5.65 Å². The van der Waals surface area contributed by atoms with Crippen molar-refractivity contribution in [3.05, 3.63) is 71.2 Å². The third-order valence-corrected chi connectivity index (χ3v) is 4.11. The van der Waals surface area contributed by atoms with E-state index in [0.717, 1.165) is 11.3 Å². The molecular weight excluding hydrogens is 318 g/mol. The van der Waals surface area contributed by atoms with Crippen LogP contribution in [0.2, 0.25) is 0 Å². The molecule has 0 radical (unpaired) electrons. The van der Waals surface area contributed by atoms with Crippen molar-refractivity contribution < 1.29 is 14.7 Å². The van der Waals surface area contributed by atoms with Gasteiger partial charge in [-0.1, -0.05) is 36.4 Å². The molecule has 0 aliphatic rings. The summed E-state index contributed by atoms with van der Waals surface area (Å²) in [7, 11) is 0. The Morgan fingerprint density at radius 2 is 1.84 bits per heavy atom. The van der Waals surface area contributed by atoms with Crippen LogP contribution in [0.3, 0.4) is 0 Å². The Kier molecular flexibility index (Phi) is 4.52. The van der Waals surface area contributed by atoms with Crippen molar-refractivity contribution in [2.75, 3.05) is 0 Å². The summed E-state index contributed by atoms with van der Waals surface area (Å²) in [6.07, 6.45) is 0.219. The standard InChI is InChI=1S/C19H19N3O3/c1-12-7-6-10-16-20-13(2)17(22(12)16)18(23)21-15(19(24)25)11-14-8-4-3-5-9-14/h3-10,15H,11H2,1-2H3,(H,21,23)(H,24,25). The zero-order chi connectivity index (χ0) is 18.0. The van der Waals surface area contributed by atoms with Crippen molar-refractivity contribution >= 4 is 17.5 Å². The first-order chi connectivity index (χ1) is 12.0. The van der Waals surface area contributed by atoms with E-state index in [1.807, 2.05) is 55.5 Å². The quantitative estimate of drug-likeness (QED) is 0.749. The Hall–Kier alpha value is -3.15. The van der Waals surface area contributed by atoms with Gasteiger partial charge in [0.1, 0.15) is 17.4 Å². The summed E-state index contributed by atoms with van der Waals surface area (Å²) >= 11 is 0. The second-order valence-electron chi connectivity index (χ2n) is 5.96. The second-order valence-corrected chi connectivity index (χ2v) is 5.96. The maximum Gasteiger partial charge on any atom is 0.326 e. The van der Waals surface area contributed by atoms with Gasteiger partial charge in [0.25, 0.3) is 5.91 Å². The van der Waals surface area contributed by atoms with Crippen molar-refractivity contribution in [1.82, 2.24) is 14.7 Å². The largest absolute Gasteiger partial charge is 0.480 e. The summed E-state index contributed by atoms with van der Waals surface area (Å²) in [4.78, 5) is 28.7. The number of nitrogens with one attached hydrogen (secondary N) is 1. The van der Waals surface area contributed by atoms with Crippen LogP contribution in [0.4, 0.5) is 0 Å². The lowest BCUT2D eigenvalue weighted by Crippen LogP contribution is -2.43. The zero-order valence-electron chi connectivity index (χ0n) is 14.1. The summed E-state index contributed by atoms with van der Waals surface area (Å²) in [6, 6.07) is 13.8. The van der Waals surface area contributed by atoms with E-state index in [0.29, 0.717) is 17.0 Å². The number of pyridine rings is 1. The highest BCUT2D eigenvalue weighted by molar-refractivity contribution is 5.97. The summed E-state index contributed by atoms with van der Waals surface area (Å²) in [5.74, 6) is -1.51. The highest BCUT2D eigenvalue weighted by atomic mass is 16.4. The van der Waals surface area contributed by atoms with Crippen molar-refractivity contribution in [2.45, 2.75) is 26.3 Å². The summed E-state index contributed by atoms with van der Waals surface area (Å²) in [5, 5.41) is 12.1. The van der Waals surface area contributed by atoms with Gasteiger partial charge in [-0.2, -0.15) is 0 Å². The highest BCUT2D eigenvalue weighted by Gasteiger charge is 2.24. The molecule has 0 saturated carbocycles. The first kappa shape index (κ1) is 16.7. The molecule has 25 heavy (non-hydrogen) atoms. The number of imidazole rings is 1. The number of nitrogens with zero attached hydrogens (tertiary/aromatic N) is 2. The molecule has 2 aromatic heterocycles. The van der Waals surface area contributed by atoms with E-state index in [2.05, 4.69) is 10.3 Å². The van der Waals surface area contributed by atoms with E-state index in [1.54, 1.807) is 11.3 Å². The van der Waals surface area contributed by atoms with Crippen LogP contribution < -0.4 is 5.32 Å². The minimum Gasteiger partial charge on any atom is -0.480 e. The van der Waals surface area contributed by atoms with Crippen LogP contribution in [0.5, 0.6) is 0 Å². The van der Waals surface area contributed by atoms with Crippen molar-refractivity contribution in [3.8, 4) is 0 Å². The van der Waals surface area contributed by atoms with Crippen LogP contribution in [0, 0.1) is 13.8 Å². The predicted octanol–water partition coefficient (Wildman–Crippen LogP) is 2.38. The van der Waals surface area contributed by atoms with Crippen LogP contribution >= 0.6 is 0 Å². The molecule has 0 aliphatic carbocycles. The molecule has 128 valence electrons. The maximum atomic E-state index is 12.8. The van der Waals surface area contributed by atoms with E-state index in [-0.39, 0.29) is 6.42 Å². The molecular formula is C19H19N3O3. The number of amides is 1. The molecule has 6 heteroatoms. The number of fused-ring (bicyclic) bond motifs is 1. The molecule has 0 bridgehead atoms. The lowest BCUT2D eigenvalue weighted by molar-refractivity contribution is -0.139. The molecule has 0 aliphatic heterocycles. The molecule has 0 saturated heterocycles. The molecule has 1 aromatic carbocycles. The van der Waals surface area contributed by atoms with Gasteiger partial charge in [-0.3, -0.25) is 9.20 Å². The summed E-state index contributed by atoms with van der Waals surface area (Å²) < 4.78 is 1.74. The Morgan fingerprint density at radius 1 is 1.12 bits per heavy atom. The third kappa shape index (κ3) is 3.38. The maximum absolute atomic E-state index is 12.8. The molecule has 1 atom stereocenters. The van der Waals surface area contributed by atoms with Gasteiger partial charge >= 0.3 is 5.97 Å². The normalized spacial score (nSPS) is 12.1. The number of carboxylic acid groups (broad SMARTS) is 1. The molecule has 1 amide bonds. The Bertz CT molecular complexity index is 932. The monoisotopic (exact) mass is 337 g/mol. The number of aliphatic carboxylic acids is 1. The minimum atomic E-state index is -1.07. The molecule has 1 unspecified atom stereocenters. The Labute approximate surface area is 145 Å². The molecule has 0 fully saturated rings. The summed E-state index contributed by atoms with van der Waals surface area (Å²) in [6.45, 7) is 3.62. The second kappa shape index (κ2) is 6.76. The van der Waals surface area contributed by atoms with Crippen molar-refractivity contribution in [3.63, 3.8) is 0 Å². The van der Waals surface area contributed by atoms with Gasteiger partial charge in [0.05, 0.1) is 5.69 Å². The average molecular weight is 337 g/mol. The highest BCUT2D eigenvalue weighted by Crippen LogP contribution is 2.15.